The molecule has 0 amide bonds. The van der Waals surface area contributed by atoms with Crippen LogP contribution in [0.2, 0.25) is 0 Å². The minimum atomic E-state index is 0.508. The van der Waals surface area contributed by atoms with Gasteiger partial charge in [0, 0.05) is 18.0 Å². The highest BCUT2D eigenvalue weighted by Gasteiger charge is 2.19. The molecule has 96 valence electrons. The fourth-order valence-corrected chi connectivity index (χ4v) is 3.33. The number of nitrogens with one attached hydrogen (secondary N) is 1. The fraction of sp³-hybridized carbons (Fsp3) is 0.500. The number of aryl methyl sites for hydroxylation is 1. The lowest BCUT2D eigenvalue weighted by Gasteiger charge is -2.17. The number of nitrogens with two attached hydrogens (primary N) is 1. The van der Waals surface area contributed by atoms with E-state index in [2.05, 4.69) is 33.3 Å². The van der Waals surface area contributed by atoms with E-state index in [0.29, 0.717) is 5.95 Å². The molecule has 6 heteroatoms. The van der Waals surface area contributed by atoms with Gasteiger partial charge in [0.05, 0.1) is 5.39 Å². The summed E-state index contributed by atoms with van der Waals surface area (Å²) in [5.41, 5.74) is 2.57. The Morgan fingerprint density at radius 2 is 2.17 bits per heavy atom. The number of aromatic nitrogens is 2. The number of rotatable bonds is 3. The monoisotopic (exact) mass is 263 g/mol. The number of nitrogens with zero attached hydrogens (tertiary/aromatic N) is 3. The summed E-state index contributed by atoms with van der Waals surface area (Å²) < 4.78 is 0. The molecule has 0 aromatic carbocycles. The first-order valence-corrected chi connectivity index (χ1v) is 7.15. The van der Waals surface area contributed by atoms with Crippen molar-refractivity contribution in [1.29, 1.82) is 0 Å². The maximum atomic E-state index is 5.46. The Balaban J connectivity index is 2.16. The first-order chi connectivity index (χ1) is 8.81. The maximum absolute atomic E-state index is 5.46. The van der Waals surface area contributed by atoms with Crippen LogP contribution in [-0.2, 0) is 6.42 Å². The number of hydrogen-bond donors (Lipinski definition) is 2. The highest BCUT2D eigenvalue weighted by atomic mass is 32.1. The molecule has 0 radical (unpaired) electrons. The molecule has 0 unspecified atom stereocenters. The lowest BCUT2D eigenvalue weighted by Crippen LogP contribution is -2.21. The van der Waals surface area contributed by atoms with E-state index in [0.717, 1.165) is 35.5 Å². The van der Waals surface area contributed by atoms with Gasteiger partial charge in [-0.05, 0) is 25.3 Å². The Bertz CT molecular complexity index is 559. The normalized spacial score (nSPS) is 15.6. The van der Waals surface area contributed by atoms with E-state index in [-0.39, 0.29) is 0 Å². The zero-order valence-electron chi connectivity index (χ0n) is 10.4. The van der Waals surface area contributed by atoms with Crippen molar-refractivity contribution in [3.8, 4) is 0 Å². The second-order valence-corrected chi connectivity index (χ2v) is 5.61. The van der Waals surface area contributed by atoms with E-state index >= 15 is 0 Å². The van der Waals surface area contributed by atoms with Gasteiger partial charge in [0.2, 0.25) is 5.95 Å². The molecule has 1 saturated heterocycles. The van der Waals surface area contributed by atoms with E-state index in [4.69, 9.17) is 5.84 Å². The summed E-state index contributed by atoms with van der Waals surface area (Å²) in [5, 5.41) is 1.16. The molecule has 2 aromatic rings. The van der Waals surface area contributed by atoms with Crippen LogP contribution in [-0.4, -0.2) is 23.1 Å². The summed E-state index contributed by atoms with van der Waals surface area (Å²) in [6.45, 7) is 4.32. The molecule has 5 nitrogen and oxygen atoms in total. The molecule has 0 atom stereocenters. The summed E-state index contributed by atoms with van der Waals surface area (Å²) >= 11 is 1.73. The molecule has 3 rings (SSSR count). The third-order valence-corrected chi connectivity index (χ3v) is 4.48. The summed E-state index contributed by atoms with van der Waals surface area (Å²) in [6.07, 6.45) is 3.51. The Morgan fingerprint density at radius 3 is 2.83 bits per heavy atom. The molecule has 18 heavy (non-hydrogen) atoms. The third-order valence-electron chi connectivity index (χ3n) is 3.31. The van der Waals surface area contributed by atoms with Crippen molar-refractivity contribution in [3.63, 3.8) is 0 Å². The number of nitrogen functional groups attached to an aromatic ring is 1. The van der Waals surface area contributed by atoms with E-state index < -0.39 is 0 Å². The third kappa shape index (κ3) is 1.91. The summed E-state index contributed by atoms with van der Waals surface area (Å²) in [7, 11) is 0. The van der Waals surface area contributed by atoms with Gasteiger partial charge in [-0.3, -0.25) is 5.43 Å². The smallest absolute Gasteiger partial charge is 0.240 e. The van der Waals surface area contributed by atoms with Crippen molar-refractivity contribution in [2.45, 2.75) is 26.2 Å². The fourth-order valence-electron chi connectivity index (χ4n) is 2.37. The Hall–Kier alpha value is -1.40. The largest absolute Gasteiger partial charge is 0.356 e. The van der Waals surface area contributed by atoms with Crippen LogP contribution >= 0.6 is 11.3 Å². The Morgan fingerprint density at radius 1 is 1.39 bits per heavy atom. The zero-order chi connectivity index (χ0) is 12.5. The minimum absolute atomic E-state index is 0.508. The Labute approximate surface area is 110 Å². The van der Waals surface area contributed by atoms with Gasteiger partial charge in [0.1, 0.15) is 10.6 Å². The van der Waals surface area contributed by atoms with Crippen LogP contribution in [0.3, 0.4) is 0 Å². The van der Waals surface area contributed by atoms with Crippen LogP contribution in [0.15, 0.2) is 6.07 Å². The van der Waals surface area contributed by atoms with Crippen LogP contribution in [0.5, 0.6) is 0 Å². The van der Waals surface area contributed by atoms with Gasteiger partial charge in [-0.2, -0.15) is 4.98 Å². The van der Waals surface area contributed by atoms with Crippen LogP contribution in [0, 0.1) is 0 Å². The van der Waals surface area contributed by atoms with Crippen LogP contribution in [0.4, 0.5) is 11.8 Å². The predicted octanol–water partition coefficient (Wildman–Crippen LogP) is 2.14. The van der Waals surface area contributed by atoms with Crippen molar-refractivity contribution >= 4 is 33.3 Å². The van der Waals surface area contributed by atoms with Gasteiger partial charge < -0.3 is 4.90 Å². The second-order valence-electron chi connectivity index (χ2n) is 4.49. The first kappa shape index (κ1) is 11.7. The summed E-state index contributed by atoms with van der Waals surface area (Å²) in [4.78, 5) is 13.7. The van der Waals surface area contributed by atoms with Gasteiger partial charge in [-0.25, -0.2) is 10.8 Å². The topological polar surface area (TPSA) is 67.1 Å². The van der Waals surface area contributed by atoms with Crippen molar-refractivity contribution in [3.05, 3.63) is 10.9 Å². The van der Waals surface area contributed by atoms with Crippen molar-refractivity contribution < 1.29 is 0 Å². The minimum Gasteiger partial charge on any atom is -0.356 e. The summed E-state index contributed by atoms with van der Waals surface area (Å²) in [5.74, 6) is 7.00. The van der Waals surface area contributed by atoms with Crippen molar-refractivity contribution in [2.75, 3.05) is 23.4 Å². The zero-order valence-corrected chi connectivity index (χ0v) is 11.3. The highest BCUT2D eigenvalue weighted by Crippen LogP contribution is 2.33. The molecule has 3 N–H and O–H groups in total. The molecular formula is C12H17N5S. The van der Waals surface area contributed by atoms with Crippen LogP contribution < -0.4 is 16.2 Å². The number of hydrazine groups is 1. The lowest BCUT2D eigenvalue weighted by atomic mass is 10.3. The molecular weight excluding hydrogens is 246 g/mol. The number of hydrogen-bond acceptors (Lipinski definition) is 6. The molecule has 1 aliphatic heterocycles. The van der Waals surface area contributed by atoms with Gasteiger partial charge in [-0.15, -0.1) is 11.3 Å². The molecule has 0 bridgehead atoms. The highest BCUT2D eigenvalue weighted by molar-refractivity contribution is 7.18. The summed E-state index contributed by atoms with van der Waals surface area (Å²) in [6, 6.07) is 2.22. The van der Waals surface area contributed by atoms with Gasteiger partial charge in [0.25, 0.3) is 0 Å². The molecule has 1 aliphatic rings. The van der Waals surface area contributed by atoms with Crippen LogP contribution in [0.25, 0.3) is 10.2 Å². The van der Waals surface area contributed by atoms with Gasteiger partial charge >= 0.3 is 0 Å². The molecule has 1 fully saturated rings. The van der Waals surface area contributed by atoms with E-state index in [1.54, 1.807) is 11.3 Å². The second kappa shape index (κ2) is 4.70. The molecule has 3 heterocycles. The lowest BCUT2D eigenvalue weighted by molar-refractivity contribution is 0.939. The molecule has 0 saturated carbocycles. The SMILES string of the molecule is CCc1cc2c(N3CCCC3)nc(NN)nc2s1. The van der Waals surface area contributed by atoms with Crippen molar-refractivity contribution in [1.82, 2.24) is 9.97 Å². The average Bonchev–Trinajstić information content (AvgIpc) is 3.05. The number of fused-ring (bicyclic) bond motifs is 1. The molecule has 2 aromatic heterocycles. The molecule has 0 aliphatic carbocycles. The predicted molar refractivity (Wildman–Crippen MR) is 76.1 cm³/mol. The quantitative estimate of drug-likeness (QED) is 0.656. The number of thiophene rings is 1. The van der Waals surface area contributed by atoms with E-state index in [9.17, 15) is 0 Å². The van der Waals surface area contributed by atoms with Crippen molar-refractivity contribution in [2.24, 2.45) is 5.84 Å². The molecule has 0 spiro atoms. The van der Waals surface area contributed by atoms with Gasteiger partial charge in [0.15, 0.2) is 0 Å². The van der Waals surface area contributed by atoms with E-state index in [1.165, 1.54) is 17.7 Å². The average molecular weight is 263 g/mol. The van der Waals surface area contributed by atoms with Gasteiger partial charge in [-0.1, -0.05) is 6.92 Å². The Kier molecular flexibility index (Phi) is 3.05. The first-order valence-electron chi connectivity index (χ1n) is 6.34. The number of anilines is 2. The van der Waals surface area contributed by atoms with E-state index in [1.807, 2.05) is 0 Å². The standard InChI is InChI=1S/C12H17N5S/c1-2-8-7-9-10(17-5-3-4-6-17)14-12(16-13)15-11(9)18-8/h7H,2-6,13H2,1H3,(H,14,15,16). The van der Waals surface area contributed by atoms with Crippen LogP contribution in [0.1, 0.15) is 24.6 Å². The maximum Gasteiger partial charge on any atom is 0.240 e.